The van der Waals surface area contributed by atoms with Crippen LogP contribution < -0.4 is 11.3 Å². The van der Waals surface area contributed by atoms with E-state index in [2.05, 4.69) is 46.2 Å². The average Bonchev–Trinajstić information content (AvgIpc) is 3.09. The fraction of sp³-hybridized carbons (Fsp3) is 0.286. The van der Waals surface area contributed by atoms with Crippen LogP contribution in [0.15, 0.2) is 35.8 Å². The summed E-state index contributed by atoms with van der Waals surface area (Å²) in [4.78, 5) is 0. The fourth-order valence-corrected chi connectivity index (χ4v) is 3.42. The van der Waals surface area contributed by atoms with Gasteiger partial charge in [-0.2, -0.15) is 0 Å². The van der Waals surface area contributed by atoms with Crippen molar-refractivity contribution in [3.8, 4) is 0 Å². The Bertz CT molecular complexity index is 702. The Morgan fingerprint density at radius 2 is 2.25 bits per heavy atom. The lowest BCUT2D eigenvalue weighted by molar-refractivity contribution is 0.513. The zero-order chi connectivity index (χ0) is 13.9. The van der Waals surface area contributed by atoms with E-state index in [0.717, 1.165) is 18.7 Å². The first-order valence-corrected chi connectivity index (χ1v) is 7.53. The summed E-state index contributed by atoms with van der Waals surface area (Å²) in [7, 11) is 0. The second kappa shape index (κ2) is 5.70. The molecule has 1 aromatic carbocycles. The van der Waals surface area contributed by atoms with Crippen molar-refractivity contribution >= 4 is 21.4 Å². The SMILES string of the molecule is CCCn1nncc1C(NN)c1csc2ccccc12. The number of rotatable bonds is 5. The molecule has 6 heteroatoms. The summed E-state index contributed by atoms with van der Waals surface area (Å²) in [6.07, 6.45) is 2.80. The van der Waals surface area contributed by atoms with Crippen LogP contribution >= 0.6 is 11.3 Å². The number of aromatic nitrogens is 3. The first-order valence-electron chi connectivity index (χ1n) is 6.65. The van der Waals surface area contributed by atoms with Crippen LogP contribution in [0, 0.1) is 0 Å². The monoisotopic (exact) mass is 287 g/mol. The molecule has 3 N–H and O–H groups in total. The number of nitrogens with two attached hydrogens (primary N) is 1. The van der Waals surface area contributed by atoms with E-state index in [1.807, 2.05) is 10.7 Å². The van der Waals surface area contributed by atoms with Gasteiger partial charge in [0.25, 0.3) is 0 Å². The number of hydrogen-bond donors (Lipinski definition) is 2. The summed E-state index contributed by atoms with van der Waals surface area (Å²) < 4.78 is 3.18. The molecule has 3 aromatic rings. The number of nitrogens with one attached hydrogen (secondary N) is 1. The Hall–Kier alpha value is -1.76. The molecule has 0 fully saturated rings. The van der Waals surface area contributed by atoms with Gasteiger partial charge < -0.3 is 0 Å². The van der Waals surface area contributed by atoms with Crippen molar-refractivity contribution in [1.82, 2.24) is 20.4 Å². The van der Waals surface area contributed by atoms with Gasteiger partial charge >= 0.3 is 0 Å². The highest BCUT2D eigenvalue weighted by Gasteiger charge is 2.20. The number of hydrogen-bond acceptors (Lipinski definition) is 5. The molecule has 3 rings (SSSR count). The molecule has 0 aliphatic carbocycles. The van der Waals surface area contributed by atoms with Crippen LogP contribution in [-0.2, 0) is 6.54 Å². The molecule has 1 unspecified atom stereocenters. The van der Waals surface area contributed by atoms with Crippen molar-refractivity contribution in [3.05, 3.63) is 47.1 Å². The van der Waals surface area contributed by atoms with Crippen LogP contribution in [0.1, 0.15) is 30.6 Å². The van der Waals surface area contributed by atoms with E-state index >= 15 is 0 Å². The maximum absolute atomic E-state index is 5.80. The molecular weight excluding hydrogens is 270 g/mol. The van der Waals surface area contributed by atoms with Gasteiger partial charge in [-0.1, -0.05) is 30.3 Å². The molecule has 0 saturated heterocycles. The smallest absolute Gasteiger partial charge is 0.0908 e. The lowest BCUT2D eigenvalue weighted by atomic mass is 10.0. The van der Waals surface area contributed by atoms with Gasteiger partial charge in [0.05, 0.1) is 17.9 Å². The van der Waals surface area contributed by atoms with Gasteiger partial charge in [0, 0.05) is 11.2 Å². The average molecular weight is 287 g/mol. The topological polar surface area (TPSA) is 68.8 Å². The van der Waals surface area contributed by atoms with Crippen LogP contribution in [0.3, 0.4) is 0 Å². The van der Waals surface area contributed by atoms with Crippen molar-refractivity contribution in [3.63, 3.8) is 0 Å². The third-order valence-electron chi connectivity index (χ3n) is 3.37. The number of thiophene rings is 1. The van der Waals surface area contributed by atoms with E-state index in [-0.39, 0.29) is 6.04 Å². The number of aryl methyl sites for hydroxylation is 1. The molecule has 2 aromatic heterocycles. The molecule has 0 bridgehead atoms. The Morgan fingerprint density at radius 1 is 1.40 bits per heavy atom. The van der Waals surface area contributed by atoms with E-state index in [1.54, 1.807) is 17.5 Å². The molecule has 0 saturated carbocycles. The van der Waals surface area contributed by atoms with Gasteiger partial charge in [-0.05, 0) is 28.8 Å². The Balaban J connectivity index is 2.07. The van der Waals surface area contributed by atoms with Gasteiger partial charge in [0.2, 0.25) is 0 Å². The second-order valence-electron chi connectivity index (χ2n) is 4.67. The number of nitrogens with zero attached hydrogens (tertiary/aromatic N) is 3. The standard InChI is InChI=1S/C14H17N5S/c1-2-7-19-12(8-16-18-19)14(17-15)11-9-20-13-6-4-3-5-10(11)13/h3-6,8-9,14,17H,2,7,15H2,1H3. The second-order valence-corrected chi connectivity index (χ2v) is 5.58. The van der Waals surface area contributed by atoms with Gasteiger partial charge in [-0.15, -0.1) is 16.4 Å². The molecule has 104 valence electrons. The third kappa shape index (κ3) is 2.22. The lowest BCUT2D eigenvalue weighted by Gasteiger charge is -2.16. The van der Waals surface area contributed by atoms with Crippen molar-refractivity contribution in [2.24, 2.45) is 5.84 Å². The van der Waals surface area contributed by atoms with Crippen LogP contribution in [0.5, 0.6) is 0 Å². The molecule has 0 amide bonds. The quantitative estimate of drug-likeness (QED) is 0.558. The summed E-state index contributed by atoms with van der Waals surface area (Å²) in [6.45, 7) is 2.96. The summed E-state index contributed by atoms with van der Waals surface area (Å²) >= 11 is 1.73. The minimum absolute atomic E-state index is 0.0901. The van der Waals surface area contributed by atoms with Crippen molar-refractivity contribution in [2.75, 3.05) is 0 Å². The molecule has 20 heavy (non-hydrogen) atoms. The number of fused-ring (bicyclic) bond motifs is 1. The highest BCUT2D eigenvalue weighted by atomic mass is 32.1. The maximum atomic E-state index is 5.80. The first-order chi connectivity index (χ1) is 9.85. The molecule has 0 aliphatic rings. The van der Waals surface area contributed by atoms with E-state index in [9.17, 15) is 0 Å². The Morgan fingerprint density at radius 3 is 3.05 bits per heavy atom. The minimum atomic E-state index is -0.0901. The lowest BCUT2D eigenvalue weighted by Crippen LogP contribution is -2.30. The highest BCUT2D eigenvalue weighted by molar-refractivity contribution is 7.17. The van der Waals surface area contributed by atoms with E-state index in [0.29, 0.717) is 0 Å². The van der Waals surface area contributed by atoms with E-state index < -0.39 is 0 Å². The molecule has 0 radical (unpaired) electrons. The normalized spacial score (nSPS) is 12.9. The van der Waals surface area contributed by atoms with Crippen molar-refractivity contribution in [2.45, 2.75) is 25.9 Å². The van der Waals surface area contributed by atoms with Crippen LogP contribution in [0.2, 0.25) is 0 Å². The summed E-state index contributed by atoms with van der Waals surface area (Å²) in [5.74, 6) is 5.80. The van der Waals surface area contributed by atoms with Gasteiger partial charge in [-0.3, -0.25) is 5.84 Å². The van der Waals surface area contributed by atoms with E-state index in [4.69, 9.17) is 5.84 Å². The Kier molecular flexibility index (Phi) is 3.77. The van der Waals surface area contributed by atoms with Crippen molar-refractivity contribution in [1.29, 1.82) is 0 Å². The molecule has 0 aliphatic heterocycles. The summed E-state index contributed by atoms with van der Waals surface area (Å²) in [6, 6.07) is 8.26. The minimum Gasteiger partial charge on any atom is -0.271 e. The number of hydrazine groups is 1. The molecule has 0 spiro atoms. The number of benzene rings is 1. The summed E-state index contributed by atoms with van der Waals surface area (Å²) in [5, 5.41) is 11.5. The molecular formula is C14H17N5S. The van der Waals surface area contributed by atoms with Crippen LogP contribution in [-0.4, -0.2) is 15.0 Å². The fourth-order valence-electron chi connectivity index (χ4n) is 2.43. The first kappa shape index (κ1) is 13.2. The van der Waals surface area contributed by atoms with E-state index in [1.165, 1.54) is 15.6 Å². The van der Waals surface area contributed by atoms with Gasteiger partial charge in [0.15, 0.2) is 0 Å². The predicted molar refractivity (Wildman–Crippen MR) is 81.3 cm³/mol. The largest absolute Gasteiger partial charge is 0.271 e. The Labute approximate surface area is 121 Å². The molecule has 2 heterocycles. The zero-order valence-electron chi connectivity index (χ0n) is 11.3. The maximum Gasteiger partial charge on any atom is 0.0908 e. The zero-order valence-corrected chi connectivity index (χ0v) is 12.1. The van der Waals surface area contributed by atoms with Crippen molar-refractivity contribution < 1.29 is 0 Å². The van der Waals surface area contributed by atoms with Gasteiger partial charge in [0.1, 0.15) is 0 Å². The van der Waals surface area contributed by atoms with Crippen LogP contribution in [0.4, 0.5) is 0 Å². The predicted octanol–water partition coefficient (Wildman–Crippen LogP) is 2.46. The van der Waals surface area contributed by atoms with Crippen LogP contribution in [0.25, 0.3) is 10.1 Å². The third-order valence-corrected chi connectivity index (χ3v) is 4.35. The highest BCUT2D eigenvalue weighted by Crippen LogP contribution is 2.32. The van der Waals surface area contributed by atoms with Gasteiger partial charge in [-0.25, -0.2) is 10.1 Å². The molecule has 1 atom stereocenters. The molecule has 5 nitrogen and oxygen atoms in total. The summed E-state index contributed by atoms with van der Waals surface area (Å²) in [5.41, 5.74) is 5.08.